The Morgan fingerprint density at radius 1 is 0.840 bits per heavy atom. The zero-order valence-corrected chi connectivity index (χ0v) is 13.5. The van der Waals surface area contributed by atoms with Gasteiger partial charge in [-0.05, 0) is 34.5 Å². The highest BCUT2D eigenvalue weighted by Crippen LogP contribution is 2.35. The van der Waals surface area contributed by atoms with E-state index in [4.69, 9.17) is 0 Å². The van der Waals surface area contributed by atoms with E-state index >= 15 is 0 Å². The van der Waals surface area contributed by atoms with Gasteiger partial charge in [0.05, 0.1) is 17.8 Å². The number of fused-ring (bicyclic) bond motifs is 4. The third-order valence-corrected chi connectivity index (χ3v) is 4.81. The lowest BCUT2D eigenvalue weighted by Crippen LogP contribution is -1.87. The van der Waals surface area contributed by atoms with Gasteiger partial charge in [0.2, 0.25) is 0 Å². The van der Waals surface area contributed by atoms with Gasteiger partial charge in [0.1, 0.15) is 0 Å². The zero-order valence-electron chi connectivity index (χ0n) is 13.5. The van der Waals surface area contributed by atoms with Gasteiger partial charge in [-0.2, -0.15) is 0 Å². The second-order valence-corrected chi connectivity index (χ2v) is 6.27. The molecule has 0 amide bonds. The maximum Gasteiger partial charge on any atom is 0.0949 e. The molecule has 5 aromatic rings. The number of nitrogens with one attached hydrogen (secondary N) is 1. The van der Waals surface area contributed by atoms with Crippen molar-refractivity contribution in [2.75, 3.05) is 0 Å². The lowest BCUT2D eigenvalue weighted by molar-refractivity contribution is 0.282. The van der Waals surface area contributed by atoms with Crippen LogP contribution in [0.15, 0.2) is 72.9 Å². The summed E-state index contributed by atoms with van der Waals surface area (Å²) in [7, 11) is 0. The van der Waals surface area contributed by atoms with Crippen LogP contribution in [-0.4, -0.2) is 15.1 Å². The summed E-state index contributed by atoms with van der Waals surface area (Å²) in [5.74, 6) is 0. The van der Waals surface area contributed by atoms with E-state index in [0.717, 1.165) is 38.6 Å². The van der Waals surface area contributed by atoms with E-state index in [1.54, 1.807) is 0 Å². The Bertz CT molecular complexity index is 1230. The minimum absolute atomic E-state index is 0.0455. The van der Waals surface area contributed by atoms with Crippen LogP contribution < -0.4 is 0 Å². The number of hydrogen-bond donors (Lipinski definition) is 2. The predicted octanol–water partition coefficient (Wildman–Crippen LogP) is 5.03. The largest absolute Gasteiger partial charge is 0.392 e. The molecule has 3 nitrogen and oxygen atoms in total. The van der Waals surface area contributed by atoms with E-state index in [0.29, 0.717) is 0 Å². The number of aromatic nitrogens is 2. The first-order chi connectivity index (χ1) is 12.3. The van der Waals surface area contributed by atoms with Gasteiger partial charge in [-0.25, -0.2) is 0 Å². The van der Waals surface area contributed by atoms with Crippen molar-refractivity contribution in [3.8, 4) is 11.3 Å². The Morgan fingerprint density at radius 2 is 1.72 bits per heavy atom. The third kappa shape index (κ3) is 2.13. The first kappa shape index (κ1) is 14.2. The second-order valence-electron chi connectivity index (χ2n) is 6.27. The summed E-state index contributed by atoms with van der Waals surface area (Å²) < 4.78 is 0. The Morgan fingerprint density at radius 3 is 2.64 bits per heavy atom. The van der Waals surface area contributed by atoms with Crippen molar-refractivity contribution >= 4 is 32.6 Å². The average molecular weight is 324 g/mol. The lowest BCUT2D eigenvalue weighted by atomic mass is 10.0. The molecule has 0 unspecified atom stereocenters. The molecule has 0 fully saturated rings. The molecule has 2 aromatic heterocycles. The van der Waals surface area contributed by atoms with Crippen LogP contribution in [0.2, 0.25) is 0 Å². The SMILES string of the molecule is OCc1ccc2[nH]c3c(-c4cccc5ccccc45)nccc3c2c1. The van der Waals surface area contributed by atoms with E-state index in [9.17, 15) is 5.11 Å². The number of benzene rings is 3. The van der Waals surface area contributed by atoms with Gasteiger partial charge in [-0.1, -0.05) is 48.5 Å². The highest BCUT2D eigenvalue weighted by Gasteiger charge is 2.13. The van der Waals surface area contributed by atoms with Crippen LogP contribution in [0.4, 0.5) is 0 Å². The fraction of sp³-hybridized carbons (Fsp3) is 0.0455. The van der Waals surface area contributed by atoms with Gasteiger partial charge in [0.15, 0.2) is 0 Å². The van der Waals surface area contributed by atoms with E-state index in [2.05, 4.69) is 52.4 Å². The van der Waals surface area contributed by atoms with Crippen LogP contribution in [0, 0.1) is 0 Å². The standard InChI is InChI=1S/C22H16N2O/c25-13-14-8-9-20-19(12-14)18-10-11-23-21(22(18)24-20)17-7-3-5-15-4-1-2-6-16(15)17/h1-12,24-25H,13H2. The number of H-pyrrole nitrogens is 1. The van der Waals surface area contributed by atoms with Crippen LogP contribution >= 0.6 is 0 Å². The van der Waals surface area contributed by atoms with Gasteiger partial charge >= 0.3 is 0 Å². The highest BCUT2D eigenvalue weighted by molar-refractivity contribution is 6.13. The molecule has 2 N–H and O–H groups in total. The van der Waals surface area contributed by atoms with Gasteiger partial charge in [-0.15, -0.1) is 0 Å². The monoisotopic (exact) mass is 324 g/mol. The van der Waals surface area contributed by atoms with Crippen molar-refractivity contribution in [2.45, 2.75) is 6.61 Å². The summed E-state index contributed by atoms with van der Waals surface area (Å²) in [5.41, 5.74) is 5.08. The molecule has 0 aliphatic rings. The summed E-state index contributed by atoms with van der Waals surface area (Å²) in [6, 6.07) is 22.7. The molecule has 0 aliphatic carbocycles. The van der Waals surface area contributed by atoms with Crippen LogP contribution in [0.3, 0.4) is 0 Å². The molecule has 25 heavy (non-hydrogen) atoms. The van der Waals surface area contributed by atoms with Crippen molar-refractivity contribution < 1.29 is 5.11 Å². The van der Waals surface area contributed by atoms with Crippen molar-refractivity contribution in [2.24, 2.45) is 0 Å². The maximum absolute atomic E-state index is 9.44. The fourth-order valence-electron chi connectivity index (χ4n) is 3.61. The molecule has 0 aliphatic heterocycles. The van der Waals surface area contributed by atoms with Gasteiger partial charge < -0.3 is 10.1 Å². The Hall–Kier alpha value is -3.17. The molecule has 0 radical (unpaired) electrons. The second kappa shape index (κ2) is 5.43. The van der Waals surface area contributed by atoms with Crippen LogP contribution in [0.5, 0.6) is 0 Å². The summed E-state index contributed by atoms with van der Waals surface area (Å²) in [5, 5.41) is 14.1. The quantitative estimate of drug-likeness (QED) is 0.478. The fourth-order valence-corrected chi connectivity index (χ4v) is 3.61. The van der Waals surface area contributed by atoms with Crippen molar-refractivity contribution in [1.82, 2.24) is 9.97 Å². The first-order valence-electron chi connectivity index (χ1n) is 8.33. The molecular formula is C22H16N2O. The normalized spacial score (nSPS) is 11.6. The Labute approximate surface area is 144 Å². The number of aromatic amines is 1. The molecule has 2 heterocycles. The smallest absolute Gasteiger partial charge is 0.0949 e. The molecule has 3 aromatic carbocycles. The van der Waals surface area contributed by atoms with Gasteiger partial charge in [0.25, 0.3) is 0 Å². The average Bonchev–Trinajstić information content (AvgIpc) is 3.05. The third-order valence-electron chi connectivity index (χ3n) is 4.81. The van der Waals surface area contributed by atoms with Crippen LogP contribution in [0.1, 0.15) is 5.56 Å². The summed E-state index contributed by atoms with van der Waals surface area (Å²) in [4.78, 5) is 8.20. The molecule has 5 rings (SSSR count). The molecule has 3 heteroatoms. The van der Waals surface area contributed by atoms with Crippen molar-refractivity contribution in [3.05, 3.63) is 78.5 Å². The molecule has 0 atom stereocenters. The Kier molecular flexibility index (Phi) is 3.08. The van der Waals surface area contributed by atoms with E-state index in [1.165, 1.54) is 10.8 Å². The van der Waals surface area contributed by atoms with E-state index < -0.39 is 0 Å². The first-order valence-corrected chi connectivity index (χ1v) is 8.33. The van der Waals surface area contributed by atoms with Gasteiger partial charge in [0, 0.05) is 28.0 Å². The molecule has 0 spiro atoms. The number of aliphatic hydroxyl groups is 1. The highest BCUT2D eigenvalue weighted by atomic mass is 16.3. The molecule has 0 bridgehead atoms. The van der Waals surface area contributed by atoms with Crippen LogP contribution in [-0.2, 0) is 6.61 Å². The van der Waals surface area contributed by atoms with Crippen molar-refractivity contribution in [3.63, 3.8) is 0 Å². The molecule has 0 saturated carbocycles. The van der Waals surface area contributed by atoms with Crippen molar-refractivity contribution in [1.29, 1.82) is 0 Å². The topological polar surface area (TPSA) is 48.9 Å². The minimum atomic E-state index is 0.0455. The number of rotatable bonds is 2. The summed E-state index contributed by atoms with van der Waals surface area (Å²) >= 11 is 0. The molecule has 0 saturated heterocycles. The van der Waals surface area contributed by atoms with E-state index in [-0.39, 0.29) is 6.61 Å². The number of aliphatic hydroxyl groups excluding tert-OH is 1. The maximum atomic E-state index is 9.44. The molecule has 120 valence electrons. The number of hydrogen-bond acceptors (Lipinski definition) is 2. The Balaban J connectivity index is 1.87. The van der Waals surface area contributed by atoms with Crippen LogP contribution in [0.25, 0.3) is 43.8 Å². The van der Waals surface area contributed by atoms with E-state index in [1.807, 2.05) is 30.5 Å². The predicted molar refractivity (Wildman–Crippen MR) is 102 cm³/mol. The summed E-state index contributed by atoms with van der Waals surface area (Å²) in [6.07, 6.45) is 1.86. The number of nitrogens with zero attached hydrogens (tertiary/aromatic N) is 1. The van der Waals surface area contributed by atoms with Gasteiger partial charge in [-0.3, -0.25) is 4.98 Å². The lowest BCUT2D eigenvalue weighted by Gasteiger charge is -2.07. The summed E-state index contributed by atoms with van der Waals surface area (Å²) in [6.45, 7) is 0.0455. The molecular weight excluding hydrogens is 308 g/mol. The minimum Gasteiger partial charge on any atom is -0.392 e. The number of pyridine rings is 1. The zero-order chi connectivity index (χ0) is 16.8.